The maximum Gasteiger partial charge on any atom is 0.372 e. The van der Waals surface area contributed by atoms with E-state index >= 15 is 0 Å². The van der Waals surface area contributed by atoms with Crippen LogP contribution < -0.4 is 4.52 Å². The van der Waals surface area contributed by atoms with Gasteiger partial charge in [0.1, 0.15) is 5.75 Å². The van der Waals surface area contributed by atoms with Crippen molar-refractivity contribution < 1.29 is 9.09 Å². The van der Waals surface area contributed by atoms with E-state index in [1.54, 1.807) is 24.3 Å². The third-order valence-electron chi connectivity index (χ3n) is 0.851. The molecule has 0 aliphatic heterocycles. The Kier molecular flexibility index (Phi) is 2.67. The molecule has 0 aromatic heterocycles. The van der Waals surface area contributed by atoms with Gasteiger partial charge in [0, 0.05) is 17.3 Å². The van der Waals surface area contributed by atoms with Gasteiger partial charge in [-0.25, -0.2) is 4.57 Å². The van der Waals surface area contributed by atoms with Crippen molar-refractivity contribution in [3.63, 3.8) is 0 Å². The number of para-hydroxylation sites is 1. The van der Waals surface area contributed by atoms with Crippen LogP contribution in [0.2, 0.25) is 0 Å². The minimum atomic E-state index is -2.09. The second-order valence-corrected chi connectivity index (χ2v) is 2.97. The van der Waals surface area contributed by atoms with Crippen LogP contribution in [0, 0.1) is 6.07 Å². The number of halogens is 1. The molecule has 0 saturated heterocycles. The summed E-state index contributed by atoms with van der Waals surface area (Å²) < 4.78 is 14.9. The van der Waals surface area contributed by atoms with E-state index in [9.17, 15) is 4.57 Å². The van der Waals surface area contributed by atoms with Crippen molar-refractivity contribution in [2.75, 3.05) is 0 Å². The number of hydrogen-bond donors (Lipinski definition) is 0. The summed E-state index contributed by atoms with van der Waals surface area (Å²) in [5.41, 5.74) is 0. The Morgan fingerprint density at radius 1 is 1.60 bits per heavy atom. The minimum absolute atomic E-state index is 0.401. The fraction of sp³-hybridized carbons (Fsp3) is 0. The van der Waals surface area contributed by atoms with Crippen molar-refractivity contribution >= 4 is 18.6 Å². The lowest BCUT2D eigenvalue weighted by Crippen LogP contribution is -1.74. The average molecular weight is 175 g/mol. The number of hydrogen-bond acceptors (Lipinski definition) is 2. The van der Waals surface area contributed by atoms with Crippen LogP contribution in [0.1, 0.15) is 0 Å². The highest BCUT2D eigenvalue weighted by molar-refractivity contribution is 7.70. The van der Waals surface area contributed by atoms with Gasteiger partial charge in [-0.2, -0.15) is 0 Å². The quantitative estimate of drug-likeness (QED) is 0.645. The average Bonchev–Trinajstić information content (AvgIpc) is 1.88. The van der Waals surface area contributed by atoms with Gasteiger partial charge in [0.15, 0.2) is 0 Å². The van der Waals surface area contributed by atoms with E-state index in [1.165, 1.54) is 0 Å². The molecule has 1 atom stereocenters. The Labute approximate surface area is 64.4 Å². The fourth-order valence-electron chi connectivity index (χ4n) is 0.511. The third-order valence-corrected chi connectivity index (χ3v) is 1.40. The molecule has 1 aromatic rings. The Morgan fingerprint density at radius 2 is 2.40 bits per heavy atom. The SMILES string of the molecule is O=[P](Cl)Oc1[c]cccc1. The molecule has 52 valence electrons. The molecule has 1 aromatic carbocycles. The van der Waals surface area contributed by atoms with Crippen molar-refractivity contribution in [1.82, 2.24) is 0 Å². The molecule has 1 unspecified atom stereocenters. The molecule has 0 spiro atoms. The van der Waals surface area contributed by atoms with Gasteiger partial charge in [0.25, 0.3) is 0 Å². The molecule has 0 heterocycles. The predicted molar refractivity (Wildman–Crippen MR) is 39.4 cm³/mol. The van der Waals surface area contributed by atoms with Crippen LogP contribution in [0.25, 0.3) is 0 Å². The Balaban J connectivity index is 2.67. The van der Waals surface area contributed by atoms with Crippen molar-refractivity contribution in [2.24, 2.45) is 0 Å². The first-order valence-corrected chi connectivity index (χ1v) is 4.65. The zero-order valence-corrected chi connectivity index (χ0v) is 6.60. The standard InChI is InChI=1S/C6H4ClO2P/c7-10(8)9-6-4-2-1-3-5-6/h1-4H. The van der Waals surface area contributed by atoms with E-state index < -0.39 is 7.38 Å². The largest absolute Gasteiger partial charge is 0.406 e. The predicted octanol–water partition coefficient (Wildman–Crippen LogP) is 2.76. The summed E-state index contributed by atoms with van der Waals surface area (Å²) >= 11 is 5.08. The van der Waals surface area contributed by atoms with E-state index in [2.05, 4.69) is 10.6 Å². The zero-order chi connectivity index (χ0) is 7.40. The van der Waals surface area contributed by atoms with E-state index in [4.69, 9.17) is 11.2 Å². The Hall–Kier alpha value is -0.590. The van der Waals surface area contributed by atoms with Gasteiger partial charge in [-0.15, -0.1) is 0 Å². The van der Waals surface area contributed by atoms with Crippen LogP contribution in [0.3, 0.4) is 0 Å². The zero-order valence-electron chi connectivity index (χ0n) is 4.95. The highest BCUT2D eigenvalue weighted by Gasteiger charge is 1.95. The first-order valence-electron chi connectivity index (χ1n) is 2.57. The second-order valence-electron chi connectivity index (χ2n) is 1.53. The summed E-state index contributed by atoms with van der Waals surface area (Å²) in [6, 6.07) is 9.54. The van der Waals surface area contributed by atoms with Gasteiger partial charge in [-0.05, 0) is 6.07 Å². The van der Waals surface area contributed by atoms with Gasteiger partial charge in [0.2, 0.25) is 0 Å². The summed E-state index contributed by atoms with van der Waals surface area (Å²) in [4.78, 5) is 0. The molecular weight excluding hydrogens is 170 g/mol. The van der Waals surface area contributed by atoms with Crippen LogP contribution >= 0.6 is 18.6 Å². The molecule has 4 heteroatoms. The first-order chi connectivity index (χ1) is 4.79. The van der Waals surface area contributed by atoms with Gasteiger partial charge < -0.3 is 4.52 Å². The van der Waals surface area contributed by atoms with E-state index in [-0.39, 0.29) is 0 Å². The van der Waals surface area contributed by atoms with Crippen molar-refractivity contribution in [3.8, 4) is 5.75 Å². The molecule has 0 amide bonds. The summed E-state index contributed by atoms with van der Waals surface area (Å²) in [6.45, 7) is 0. The first kappa shape index (κ1) is 7.52. The molecule has 0 fully saturated rings. The topological polar surface area (TPSA) is 26.3 Å². The van der Waals surface area contributed by atoms with Gasteiger partial charge in [0.05, 0.1) is 0 Å². The molecule has 0 N–H and O–H groups in total. The molecule has 10 heavy (non-hydrogen) atoms. The Morgan fingerprint density at radius 3 is 2.90 bits per heavy atom. The summed E-state index contributed by atoms with van der Waals surface area (Å²) in [5.74, 6) is 0.401. The smallest absolute Gasteiger partial charge is 0.372 e. The monoisotopic (exact) mass is 174 g/mol. The lowest BCUT2D eigenvalue weighted by molar-refractivity contribution is 0.519. The van der Waals surface area contributed by atoms with Crippen LogP contribution in [0.4, 0.5) is 0 Å². The van der Waals surface area contributed by atoms with Crippen LogP contribution in [-0.2, 0) is 4.57 Å². The van der Waals surface area contributed by atoms with E-state index in [1.807, 2.05) is 0 Å². The molecule has 2 radical (unpaired) electrons. The minimum Gasteiger partial charge on any atom is -0.406 e. The lowest BCUT2D eigenvalue weighted by Gasteiger charge is -1.95. The molecule has 2 nitrogen and oxygen atoms in total. The highest BCUT2D eigenvalue weighted by atomic mass is 35.7. The molecule has 0 aliphatic carbocycles. The van der Waals surface area contributed by atoms with Gasteiger partial charge in [-0.1, -0.05) is 18.2 Å². The van der Waals surface area contributed by atoms with Gasteiger partial charge >= 0.3 is 7.38 Å². The molecule has 0 saturated carbocycles. The fourth-order valence-corrected chi connectivity index (χ4v) is 1.00. The molecule has 0 bridgehead atoms. The van der Waals surface area contributed by atoms with E-state index in [0.717, 1.165) is 0 Å². The summed E-state index contributed by atoms with van der Waals surface area (Å²) in [6.07, 6.45) is 0. The lowest BCUT2D eigenvalue weighted by atomic mass is 10.3. The second kappa shape index (κ2) is 3.55. The van der Waals surface area contributed by atoms with E-state index in [0.29, 0.717) is 5.75 Å². The number of benzene rings is 1. The Bertz CT molecular complexity index is 224. The number of rotatable bonds is 2. The maximum absolute atomic E-state index is 10.3. The highest BCUT2D eigenvalue weighted by Crippen LogP contribution is 2.29. The van der Waals surface area contributed by atoms with Crippen molar-refractivity contribution in [1.29, 1.82) is 0 Å². The summed E-state index contributed by atoms with van der Waals surface area (Å²) in [7, 11) is -2.09. The summed E-state index contributed by atoms with van der Waals surface area (Å²) in [5, 5.41) is 0. The van der Waals surface area contributed by atoms with Crippen molar-refractivity contribution in [3.05, 3.63) is 30.3 Å². The van der Waals surface area contributed by atoms with Crippen molar-refractivity contribution in [2.45, 2.75) is 0 Å². The molecule has 0 aliphatic rings. The van der Waals surface area contributed by atoms with Crippen LogP contribution in [0.5, 0.6) is 5.75 Å². The maximum atomic E-state index is 10.3. The third kappa shape index (κ3) is 2.34. The van der Waals surface area contributed by atoms with Crippen LogP contribution in [-0.4, -0.2) is 0 Å². The normalized spacial score (nSPS) is 10.7. The van der Waals surface area contributed by atoms with Crippen LogP contribution in [0.15, 0.2) is 24.3 Å². The van der Waals surface area contributed by atoms with Gasteiger partial charge in [-0.3, -0.25) is 0 Å². The molecular formula is C6H4ClO2P. The molecule has 1 rings (SSSR count).